The van der Waals surface area contributed by atoms with Gasteiger partial charge in [0, 0.05) is 30.7 Å². The van der Waals surface area contributed by atoms with E-state index < -0.39 is 11.5 Å². The van der Waals surface area contributed by atoms with Gasteiger partial charge in [-0.3, -0.25) is 14.7 Å². The summed E-state index contributed by atoms with van der Waals surface area (Å²) >= 11 is 1.62. The number of rotatable bonds is 3. The fourth-order valence-corrected chi connectivity index (χ4v) is 2.41. The quantitative estimate of drug-likeness (QED) is 0.822. The van der Waals surface area contributed by atoms with Gasteiger partial charge < -0.3 is 10.5 Å². The number of primary amides is 1. The maximum absolute atomic E-state index is 11.3. The average molecular weight is 241 g/mol. The molecule has 2 N–H and O–H groups in total. The molecule has 2 rings (SSSR count). The molecule has 1 aliphatic rings. The topological polar surface area (TPSA) is 68.5 Å². The highest BCUT2D eigenvalue weighted by molar-refractivity contribution is 7.09. The molecule has 0 saturated carbocycles. The van der Waals surface area contributed by atoms with Gasteiger partial charge in [0.15, 0.2) is 5.60 Å². The molecule has 88 valence electrons. The number of carbonyl (C=O) groups is 1. The molecule has 5 nitrogen and oxygen atoms in total. The van der Waals surface area contributed by atoms with Crippen molar-refractivity contribution in [3.63, 3.8) is 0 Å². The summed E-state index contributed by atoms with van der Waals surface area (Å²) in [7, 11) is 0. The first-order valence-electron chi connectivity index (χ1n) is 5.14. The summed E-state index contributed by atoms with van der Waals surface area (Å²) in [5.74, 6) is -0.401. The maximum atomic E-state index is 11.3. The first-order chi connectivity index (χ1) is 7.60. The summed E-state index contributed by atoms with van der Waals surface area (Å²) in [6, 6.07) is 0. The molecule has 0 unspecified atom stereocenters. The van der Waals surface area contributed by atoms with E-state index in [1.54, 1.807) is 18.3 Å². The zero-order valence-electron chi connectivity index (χ0n) is 9.18. The lowest BCUT2D eigenvalue weighted by atomic mass is 10.0. The standard InChI is InChI=1S/C10H15N3O2S/c1-10(9(11)14)6-13(2-3-15-10)5-8-4-12-7-16-8/h4,7H,2-3,5-6H2,1H3,(H2,11,14)/t10-/m1/s1. The minimum Gasteiger partial charge on any atom is -0.367 e. The molecule has 6 heteroatoms. The van der Waals surface area contributed by atoms with Gasteiger partial charge in [0.1, 0.15) is 0 Å². The van der Waals surface area contributed by atoms with E-state index in [0.29, 0.717) is 13.2 Å². The lowest BCUT2D eigenvalue weighted by Crippen LogP contribution is -2.56. The molecule has 1 fully saturated rings. The second kappa shape index (κ2) is 4.48. The number of ether oxygens (including phenoxy) is 1. The number of amides is 1. The Bertz CT molecular complexity index is 368. The zero-order valence-corrected chi connectivity index (χ0v) is 10.00. The van der Waals surface area contributed by atoms with Crippen LogP contribution < -0.4 is 5.73 Å². The van der Waals surface area contributed by atoms with Crippen molar-refractivity contribution in [2.24, 2.45) is 5.73 Å². The summed E-state index contributed by atoms with van der Waals surface area (Å²) in [6.07, 6.45) is 1.85. The van der Waals surface area contributed by atoms with Gasteiger partial charge in [-0.25, -0.2) is 0 Å². The number of aromatic nitrogens is 1. The molecule has 1 atom stereocenters. The first-order valence-corrected chi connectivity index (χ1v) is 6.02. The lowest BCUT2D eigenvalue weighted by molar-refractivity contribution is -0.153. The smallest absolute Gasteiger partial charge is 0.250 e. The van der Waals surface area contributed by atoms with Crippen LogP contribution in [0.4, 0.5) is 0 Å². The van der Waals surface area contributed by atoms with E-state index in [1.165, 1.54) is 4.88 Å². The number of morpholine rings is 1. The molecule has 0 aromatic carbocycles. The molecular weight excluding hydrogens is 226 g/mol. The molecule has 0 bridgehead atoms. The van der Waals surface area contributed by atoms with Gasteiger partial charge in [0.05, 0.1) is 12.1 Å². The third kappa shape index (κ3) is 2.40. The van der Waals surface area contributed by atoms with E-state index in [0.717, 1.165) is 13.1 Å². The Labute approximate surface area is 98.2 Å². The predicted molar refractivity (Wildman–Crippen MR) is 60.9 cm³/mol. The lowest BCUT2D eigenvalue weighted by Gasteiger charge is -2.38. The van der Waals surface area contributed by atoms with Crippen LogP contribution in [0.1, 0.15) is 11.8 Å². The normalized spacial score (nSPS) is 26.8. The summed E-state index contributed by atoms with van der Waals surface area (Å²) in [5, 5.41) is 0. The molecule has 2 heterocycles. The molecule has 0 radical (unpaired) electrons. The van der Waals surface area contributed by atoms with Crippen LogP contribution in [0.3, 0.4) is 0 Å². The average Bonchev–Trinajstić information content (AvgIpc) is 2.70. The summed E-state index contributed by atoms with van der Waals surface area (Å²) in [6.45, 7) is 4.45. The second-order valence-corrected chi connectivity index (χ2v) is 5.09. The van der Waals surface area contributed by atoms with Crippen LogP contribution in [0.2, 0.25) is 0 Å². The minimum atomic E-state index is -0.858. The van der Waals surface area contributed by atoms with E-state index in [4.69, 9.17) is 10.5 Å². The Morgan fingerprint density at radius 2 is 2.62 bits per heavy atom. The number of carbonyl (C=O) groups excluding carboxylic acids is 1. The van der Waals surface area contributed by atoms with Gasteiger partial charge >= 0.3 is 0 Å². The molecular formula is C10H15N3O2S. The fraction of sp³-hybridized carbons (Fsp3) is 0.600. The van der Waals surface area contributed by atoms with Crippen molar-refractivity contribution in [2.45, 2.75) is 19.1 Å². The van der Waals surface area contributed by atoms with Crippen LogP contribution in [-0.2, 0) is 16.1 Å². The van der Waals surface area contributed by atoms with Crippen molar-refractivity contribution in [3.05, 3.63) is 16.6 Å². The number of hydrogen-bond acceptors (Lipinski definition) is 5. The highest BCUT2D eigenvalue weighted by Crippen LogP contribution is 2.19. The number of nitrogens with zero attached hydrogens (tertiary/aromatic N) is 2. The molecule has 16 heavy (non-hydrogen) atoms. The van der Waals surface area contributed by atoms with Crippen molar-refractivity contribution in [3.8, 4) is 0 Å². The van der Waals surface area contributed by atoms with E-state index >= 15 is 0 Å². The largest absolute Gasteiger partial charge is 0.367 e. The second-order valence-electron chi connectivity index (χ2n) is 4.12. The van der Waals surface area contributed by atoms with Crippen LogP contribution in [0.5, 0.6) is 0 Å². The summed E-state index contributed by atoms with van der Waals surface area (Å²) in [5.41, 5.74) is 6.29. The predicted octanol–water partition coefficient (Wildman–Crippen LogP) is 0.219. The number of thiazole rings is 1. The van der Waals surface area contributed by atoms with Crippen LogP contribution in [-0.4, -0.2) is 41.1 Å². The van der Waals surface area contributed by atoms with E-state index in [2.05, 4.69) is 9.88 Å². The van der Waals surface area contributed by atoms with Gasteiger partial charge in [0.2, 0.25) is 0 Å². The first kappa shape index (κ1) is 11.5. The van der Waals surface area contributed by atoms with Gasteiger partial charge in [-0.2, -0.15) is 0 Å². The molecule has 1 aromatic rings. The number of hydrogen-bond donors (Lipinski definition) is 1. The Morgan fingerprint density at radius 3 is 3.25 bits per heavy atom. The maximum Gasteiger partial charge on any atom is 0.250 e. The Kier molecular flexibility index (Phi) is 3.22. The Morgan fingerprint density at radius 1 is 1.81 bits per heavy atom. The van der Waals surface area contributed by atoms with Crippen molar-refractivity contribution < 1.29 is 9.53 Å². The Hall–Kier alpha value is -0.980. The minimum absolute atomic E-state index is 0.401. The van der Waals surface area contributed by atoms with Crippen molar-refractivity contribution in [2.75, 3.05) is 19.7 Å². The zero-order chi connectivity index (χ0) is 11.6. The molecule has 1 aliphatic heterocycles. The highest BCUT2D eigenvalue weighted by atomic mass is 32.1. The van der Waals surface area contributed by atoms with Gasteiger partial charge in [-0.05, 0) is 6.92 Å². The monoisotopic (exact) mass is 241 g/mol. The van der Waals surface area contributed by atoms with Crippen LogP contribution in [0, 0.1) is 0 Å². The molecule has 1 amide bonds. The summed E-state index contributed by atoms with van der Waals surface area (Å²) in [4.78, 5) is 18.7. The SMILES string of the molecule is C[C@]1(C(N)=O)CN(Cc2cncs2)CCO1. The van der Waals surface area contributed by atoms with Crippen molar-refractivity contribution in [1.82, 2.24) is 9.88 Å². The highest BCUT2D eigenvalue weighted by Gasteiger charge is 2.37. The van der Waals surface area contributed by atoms with Gasteiger partial charge in [-0.1, -0.05) is 0 Å². The third-order valence-corrected chi connectivity index (χ3v) is 3.50. The van der Waals surface area contributed by atoms with Crippen molar-refractivity contribution in [1.29, 1.82) is 0 Å². The van der Waals surface area contributed by atoms with E-state index in [-0.39, 0.29) is 0 Å². The van der Waals surface area contributed by atoms with Gasteiger partial charge in [-0.15, -0.1) is 11.3 Å². The van der Waals surface area contributed by atoms with Gasteiger partial charge in [0.25, 0.3) is 5.91 Å². The van der Waals surface area contributed by atoms with Crippen LogP contribution in [0.25, 0.3) is 0 Å². The molecule has 0 aliphatic carbocycles. The summed E-state index contributed by atoms with van der Waals surface area (Å²) < 4.78 is 5.45. The molecule has 1 aromatic heterocycles. The molecule has 0 spiro atoms. The van der Waals surface area contributed by atoms with E-state index in [1.807, 2.05) is 11.7 Å². The van der Waals surface area contributed by atoms with Crippen LogP contribution >= 0.6 is 11.3 Å². The third-order valence-electron chi connectivity index (χ3n) is 2.74. The molecule has 1 saturated heterocycles. The Balaban J connectivity index is 1.99. The fourth-order valence-electron chi connectivity index (χ4n) is 1.78. The van der Waals surface area contributed by atoms with E-state index in [9.17, 15) is 4.79 Å². The number of nitrogens with two attached hydrogens (primary N) is 1. The van der Waals surface area contributed by atoms with Crippen LogP contribution in [0.15, 0.2) is 11.7 Å². The van der Waals surface area contributed by atoms with Crippen molar-refractivity contribution >= 4 is 17.2 Å².